The molecule has 8 heteroatoms. The molecule has 0 bridgehead atoms. The summed E-state index contributed by atoms with van der Waals surface area (Å²) in [6.45, 7) is 7.04. The number of rotatable bonds is 7. The zero-order valence-electron chi connectivity index (χ0n) is 15.9. The third-order valence-corrected chi connectivity index (χ3v) is 4.52. The first-order valence-electron chi connectivity index (χ1n) is 8.97. The molecule has 3 heterocycles. The first-order chi connectivity index (χ1) is 12.4. The molecule has 0 saturated carbocycles. The summed E-state index contributed by atoms with van der Waals surface area (Å²) in [5.74, 6) is 1.74. The Morgan fingerprint density at radius 1 is 1.23 bits per heavy atom. The molecule has 1 amide bonds. The van der Waals surface area contributed by atoms with Crippen LogP contribution < -0.4 is 10.2 Å². The number of hydrogen-bond acceptors (Lipinski definition) is 6. The molecule has 2 aromatic heterocycles. The predicted molar refractivity (Wildman–Crippen MR) is 101 cm³/mol. The van der Waals surface area contributed by atoms with Crippen molar-refractivity contribution in [1.29, 1.82) is 0 Å². The molecule has 0 aliphatic carbocycles. The molecule has 1 N–H and O–H groups in total. The Hall–Kier alpha value is -2.48. The molecule has 1 aliphatic heterocycles. The third-order valence-electron chi connectivity index (χ3n) is 4.52. The molecule has 0 unspecified atom stereocenters. The molecule has 3 rings (SSSR count). The van der Waals surface area contributed by atoms with Crippen molar-refractivity contribution in [2.45, 2.75) is 20.3 Å². The van der Waals surface area contributed by atoms with Gasteiger partial charge in [0.2, 0.25) is 5.91 Å². The summed E-state index contributed by atoms with van der Waals surface area (Å²) >= 11 is 0. The molecule has 0 spiro atoms. The Balaban J connectivity index is 1.54. The van der Waals surface area contributed by atoms with E-state index in [2.05, 4.69) is 30.2 Å². The van der Waals surface area contributed by atoms with E-state index in [-0.39, 0.29) is 11.8 Å². The molecule has 0 aromatic carbocycles. The Labute approximate surface area is 154 Å². The van der Waals surface area contributed by atoms with Crippen LogP contribution in [0.4, 0.5) is 5.82 Å². The van der Waals surface area contributed by atoms with E-state index in [0.29, 0.717) is 13.1 Å². The highest BCUT2D eigenvalue weighted by atomic mass is 16.2. The van der Waals surface area contributed by atoms with Crippen LogP contribution in [0.3, 0.4) is 0 Å². The van der Waals surface area contributed by atoms with Crippen molar-refractivity contribution in [3.8, 4) is 5.82 Å². The van der Waals surface area contributed by atoms with Gasteiger partial charge in [-0.1, -0.05) is 0 Å². The van der Waals surface area contributed by atoms with Crippen LogP contribution in [0.5, 0.6) is 0 Å². The smallest absolute Gasteiger partial charge is 0.226 e. The maximum atomic E-state index is 12.2. The van der Waals surface area contributed by atoms with E-state index in [1.165, 1.54) is 0 Å². The lowest BCUT2D eigenvalue weighted by molar-refractivity contribution is -0.125. The summed E-state index contributed by atoms with van der Waals surface area (Å²) in [6.07, 6.45) is 2.52. The lowest BCUT2D eigenvalue weighted by Crippen LogP contribution is -2.54. The van der Waals surface area contributed by atoms with E-state index >= 15 is 0 Å². The summed E-state index contributed by atoms with van der Waals surface area (Å²) in [5.41, 5.74) is 1.99. The molecule has 2 aromatic rings. The maximum absolute atomic E-state index is 12.2. The van der Waals surface area contributed by atoms with Gasteiger partial charge in [0.15, 0.2) is 5.82 Å². The molecular weight excluding hydrogens is 330 g/mol. The van der Waals surface area contributed by atoms with E-state index in [0.717, 1.165) is 42.5 Å². The van der Waals surface area contributed by atoms with Gasteiger partial charge in [-0.2, -0.15) is 5.10 Å². The number of aryl methyl sites for hydroxylation is 2. The lowest BCUT2D eigenvalue weighted by atomic mass is 9.99. The predicted octanol–water partition coefficient (Wildman–Crippen LogP) is 0.783. The number of aromatic nitrogens is 4. The zero-order valence-corrected chi connectivity index (χ0v) is 15.9. The van der Waals surface area contributed by atoms with E-state index in [1.807, 2.05) is 44.8 Å². The number of hydrogen-bond donors (Lipinski definition) is 1. The van der Waals surface area contributed by atoms with Crippen LogP contribution in [0.1, 0.15) is 17.8 Å². The maximum Gasteiger partial charge on any atom is 0.226 e. The van der Waals surface area contributed by atoms with Crippen LogP contribution in [0.15, 0.2) is 18.5 Å². The molecule has 0 atom stereocenters. The van der Waals surface area contributed by atoms with E-state index in [1.54, 1.807) is 6.33 Å². The van der Waals surface area contributed by atoms with E-state index < -0.39 is 0 Å². The Bertz CT molecular complexity index is 765. The molecular formula is C18H27N7O. The highest BCUT2D eigenvalue weighted by Crippen LogP contribution is 2.24. The fourth-order valence-corrected chi connectivity index (χ4v) is 3.07. The van der Waals surface area contributed by atoms with Crippen LogP contribution in [0, 0.1) is 19.8 Å². The average molecular weight is 357 g/mol. The van der Waals surface area contributed by atoms with Crippen molar-refractivity contribution in [1.82, 2.24) is 30.0 Å². The summed E-state index contributed by atoms with van der Waals surface area (Å²) < 4.78 is 1.81. The molecule has 8 nitrogen and oxygen atoms in total. The van der Waals surface area contributed by atoms with Gasteiger partial charge < -0.3 is 15.1 Å². The van der Waals surface area contributed by atoms with Gasteiger partial charge >= 0.3 is 0 Å². The van der Waals surface area contributed by atoms with Crippen molar-refractivity contribution in [3.05, 3.63) is 29.8 Å². The van der Waals surface area contributed by atoms with Gasteiger partial charge in [0.25, 0.3) is 0 Å². The molecule has 1 fully saturated rings. The van der Waals surface area contributed by atoms with Gasteiger partial charge in [-0.3, -0.25) is 4.79 Å². The van der Waals surface area contributed by atoms with Crippen molar-refractivity contribution in [2.75, 3.05) is 45.2 Å². The van der Waals surface area contributed by atoms with Crippen molar-refractivity contribution in [3.63, 3.8) is 0 Å². The Morgan fingerprint density at radius 3 is 2.62 bits per heavy atom. The van der Waals surface area contributed by atoms with Gasteiger partial charge in [0, 0.05) is 31.4 Å². The molecule has 1 aliphatic rings. The van der Waals surface area contributed by atoms with Crippen LogP contribution in [0.2, 0.25) is 0 Å². The van der Waals surface area contributed by atoms with Crippen LogP contribution in [-0.2, 0) is 4.79 Å². The summed E-state index contributed by atoms with van der Waals surface area (Å²) in [7, 11) is 4.07. The van der Waals surface area contributed by atoms with Crippen LogP contribution in [0.25, 0.3) is 5.82 Å². The number of carbonyl (C=O) groups is 1. The molecule has 0 radical (unpaired) electrons. The number of carbonyl (C=O) groups excluding carboxylic acids is 1. The number of anilines is 1. The minimum atomic E-state index is 0.0291. The molecule has 1 saturated heterocycles. The first-order valence-corrected chi connectivity index (χ1v) is 8.97. The highest BCUT2D eigenvalue weighted by Gasteiger charge is 2.33. The monoisotopic (exact) mass is 357 g/mol. The van der Waals surface area contributed by atoms with Gasteiger partial charge in [0.1, 0.15) is 12.1 Å². The average Bonchev–Trinajstić information content (AvgIpc) is 2.89. The quantitative estimate of drug-likeness (QED) is 0.738. The minimum absolute atomic E-state index is 0.0291. The van der Waals surface area contributed by atoms with Crippen molar-refractivity contribution < 1.29 is 4.79 Å². The third kappa shape index (κ3) is 4.19. The minimum Gasteiger partial charge on any atom is -0.356 e. The lowest BCUT2D eigenvalue weighted by Gasteiger charge is -2.39. The topological polar surface area (TPSA) is 79.2 Å². The van der Waals surface area contributed by atoms with Gasteiger partial charge in [-0.25, -0.2) is 14.6 Å². The number of nitrogens with one attached hydrogen (secondary N) is 1. The second kappa shape index (κ2) is 7.82. The van der Waals surface area contributed by atoms with Crippen molar-refractivity contribution in [2.24, 2.45) is 5.92 Å². The van der Waals surface area contributed by atoms with Crippen LogP contribution >= 0.6 is 0 Å². The van der Waals surface area contributed by atoms with Gasteiger partial charge in [0.05, 0.1) is 11.6 Å². The van der Waals surface area contributed by atoms with Crippen LogP contribution in [-0.4, -0.2) is 70.8 Å². The van der Waals surface area contributed by atoms with Gasteiger partial charge in [-0.15, -0.1) is 0 Å². The fraction of sp³-hybridized carbons (Fsp3) is 0.556. The number of nitrogens with zero attached hydrogens (tertiary/aromatic N) is 6. The standard InChI is InChI=1S/C18H27N7O/c1-13-8-14(2)25(22-13)17-9-16(20-12-21-17)24-10-15(11-24)18(26)19-6-5-7-23(3)4/h8-9,12,15H,5-7,10-11H2,1-4H3,(H,19,26). The Kier molecular flexibility index (Phi) is 5.51. The van der Waals surface area contributed by atoms with Gasteiger partial charge in [-0.05, 0) is 47.0 Å². The van der Waals surface area contributed by atoms with Crippen molar-refractivity contribution >= 4 is 11.7 Å². The second-order valence-electron chi connectivity index (χ2n) is 7.12. The van der Waals surface area contributed by atoms with E-state index in [4.69, 9.17) is 0 Å². The summed E-state index contributed by atoms with van der Waals surface area (Å²) in [4.78, 5) is 25.1. The summed E-state index contributed by atoms with van der Waals surface area (Å²) in [6, 6.07) is 3.94. The molecule has 26 heavy (non-hydrogen) atoms. The van der Waals surface area contributed by atoms with E-state index in [9.17, 15) is 4.79 Å². The number of amides is 1. The SMILES string of the molecule is Cc1cc(C)n(-c2cc(N3CC(C(=O)NCCCN(C)C)C3)ncn2)n1. The zero-order chi connectivity index (χ0) is 18.7. The highest BCUT2D eigenvalue weighted by molar-refractivity contribution is 5.81. The first kappa shape index (κ1) is 18.3. The molecule has 140 valence electrons. The Morgan fingerprint density at radius 2 is 1.96 bits per heavy atom. The second-order valence-corrected chi connectivity index (χ2v) is 7.12. The normalized spacial score (nSPS) is 14.6. The fourth-order valence-electron chi connectivity index (χ4n) is 3.07. The summed E-state index contributed by atoms with van der Waals surface area (Å²) in [5, 5.41) is 7.48. The largest absolute Gasteiger partial charge is 0.356 e.